The van der Waals surface area contributed by atoms with E-state index in [1.807, 2.05) is 49.6 Å². The highest BCUT2D eigenvalue weighted by Gasteiger charge is 2.12. The van der Waals surface area contributed by atoms with Gasteiger partial charge in [0.15, 0.2) is 5.78 Å². The minimum atomic E-state index is -0.0331. The largest absolute Gasteiger partial charge is 0.314 e. The Morgan fingerprint density at radius 3 is 2.38 bits per heavy atom. The Morgan fingerprint density at radius 1 is 1.12 bits per heavy atom. The first-order chi connectivity index (χ1) is 11.5. The van der Waals surface area contributed by atoms with Gasteiger partial charge < -0.3 is 9.13 Å². The summed E-state index contributed by atoms with van der Waals surface area (Å²) in [4.78, 5) is 12.4. The maximum atomic E-state index is 12.4. The molecule has 24 heavy (non-hydrogen) atoms. The van der Waals surface area contributed by atoms with Crippen molar-refractivity contribution in [3.63, 3.8) is 0 Å². The zero-order valence-corrected chi connectivity index (χ0v) is 15.3. The second-order valence-electron chi connectivity index (χ2n) is 5.46. The molecule has 0 bridgehead atoms. The number of nitrogens with one attached hydrogen (secondary N) is 1. The van der Waals surface area contributed by atoms with Gasteiger partial charge in [-0.05, 0) is 29.8 Å². The van der Waals surface area contributed by atoms with Crippen LogP contribution in [0.4, 0.5) is 0 Å². The van der Waals surface area contributed by atoms with Gasteiger partial charge in [-0.2, -0.15) is 0 Å². The van der Waals surface area contributed by atoms with Gasteiger partial charge in [-0.15, -0.1) is 0 Å². The van der Waals surface area contributed by atoms with Crippen molar-refractivity contribution in [1.82, 2.24) is 9.13 Å². The highest BCUT2D eigenvalue weighted by Crippen LogP contribution is 2.20. The van der Waals surface area contributed by atoms with Gasteiger partial charge in [0.2, 0.25) is 5.62 Å². The van der Waals surface area contributed by atoms with Crippen LogP contribution in [0.3, 0.4) is 0 Å². The molecule has 0 spiro atoms. The minimum absolute atomic E-state index is 0.0331. The molecular weight excluding hydrogens is 390 g/mol. The van der Waals surface area contributed by atoms with Gasteiger partial charge in [0.1, 0.15) is 0 Å². The predicted octanol–water partition coefficient (Wildman–Crippen LogP) is 4.27. The number of carbonyl (C=O) groups is 1. The molecule has 3 rings (SSSR count). The molecule has 0 amide bonds. The molecule has 2 aromatic carbocycles. The van der Waals surface area contributed by atoms with Crippen LogP contribution in [0.5, 0.6) is 0 Å². The number of ketones is 1. The van der Waals surface area contributed by atoms with E-state index in [2.05, 4.69) is 15.9 Å². The van der Waals surface area contributed by atoms with Crippen molar-refractivity contribution < 1.29 is 4.79 Å². The van der Waals surface area contributed by atoms with E-state index >= 15 is 0 Å². The molecule has 0 fully saturated rings. The van der Waals surface area contributed by atoms with Crippen molar-refractivity contribution >= 4 is 33.3 Å². The molecule has 0 aliphatic rings. The van der Waals surface area contributed by atoms with Gasteiger partial charge in [0.05, 0.1) is 12.2 Å². The molecule has 1 N–H and O–H groups in total. The molecule has 1 aromatic heterocycles. The van der Waals surface area contributed by atoms with Crippen LogP contribution in [0, 0.1) is 5.41 Å². The van der Waals surface area contributed by atoms with E-state index in [1.165, 1.54) is 0 Å². The van der Waals surface area contributed by atoms with Gasteiger partial charge in [-0.25, -0.2) is 0 Å². The molecule has 0 unspecified atom stereocenters. The number of hydrogen-bond acceptors (Lipinski definition) is 2. The van der Waals surface area contributed by atoms with E-state index < -0.39 is 0 Å². The quantitative estimate of drug-likeness (QED) is 0.649. The molecule has 3 aromatic rings. The monoisotopic (exact) mass is 403 g/mol. The lowest BCUT2D eigenvalue weighted by Crippen LogP contribution is -2.25. The van der Waals surface area contributed by atoms with Crippen LogP contribution < -0.4 is 5.62 Å². The number of imidazole rings is 1. The summed E-state index contributed by atoms with van der Waals surface area (Å²) in [5.41, 5.74) is 2.71. The maximum absolute atomic E-state index is 12.4. The lowest BCUT2D eigenvalue weighted by atomic mass is 10.1. The van der Waals surface area contributed by atoms with Gasteiger partial charge >= 0.3 is 0 Å². The van der Waals surface area contributed by atoms with Gasteiger partial charge in [-0.3, -0.25) is 10.2 Å². The molecule has 6 heteroatoms. The summed E-state index contributed by atoms with van der Waals surface area (Å²) in [5.74, 6) is -0.0331. The molecule has 1 heterocycles. The summed E-state index contributed by atoms with van der Waals surface area (Å²) in [6.45, 7) is 0.127. The Bertz CT molecular complexity index is 940. The van der Waals surface area contributed by atoms with Crippen LogP contribution in [0.25, 0.3) is 11.3 Å². The third-order valence-corrected chi connectivity index (χ3v) is 4.63. The second-order valence-corrected chi connectivity index (χ2v) is 6.81. The first-order valence-corrected chi connectivity index (χ1v) is 8.48. The zero-order chi connectivity index (χ0) is 17.3. The van der Waals surface area contributed by atoms with E-state index in [0.717, 1.165) is 15.7 Å². The molecule has 0 aliphatic carbocycles. The van der Waals surface area contributed by atoms with Crippen LogP contribution in [-0.2, 0) is 13.6 Å². The number of benzene rings is 2. The van der Waals surface area contributed by atoms with Crippen molar-refractivity contribution in [2.45, 2.75) is 6.54 Å². The Balaban J connectivity index is 1.91. The van der Waals surface area contributed by atoms with Gasteiger partial charge in [0, 0.05) is 28.3 Å². The zero-order valence-electron chi connectivity index (χ0n) is 13.0. The number of nitrogens with zero attached hydrogens (tertiary/aromatic N) is 2. The highest BCUT2D eigenvalue weighted by atomic mass is 79.9. The maximum Gasteiger partial charge on any atom is 0.202 e. The van der Waals surface area contributed by atoms with Crippen molar-refractivity contribution in [3.05, 3.63) is 75.4 Å². The molecule has 0 saturated carbocycles. The van der Waals surface area contributed by atoms with Crippen LogP contribution in [0.15, 0.2) is 59.2 Å². The number of halogens is 2. The van der Waals surface area contributed by atoms with Crippen molar-refractivity contribution in [3.8, 4) is 11.3 Å². The average Bonchev–Trinajstić information content (AvgIpc) is 2.85. The summed E-state index contributed by atoms with van der Waals surface area (Å²) in [6.07, 6.45) is 1.82. The Morgan fingerprint density at radius 2 is 1.75 bits per heavy atom. The van der Waals surface area contributed by atoms with Crippen molar-refractivity contribution in [1.29, 1.82) is 5.41 Å². The van der Waals surface area contributed by atoms with Gasteiger partial charge in [0.25, 0.3) is 0 Å². The fourth-order valence-corrected chi connectivity index (χ4v) is 2.88. The number of Topliss-reactive ketones (excluding diaryl/α,β-unsaturated/α-hetero) is 1. The number of hydrogen-bond donors (Lipinski definition) is 1. The van der Waals surface area contributed by atoms with E-state index in [9.17, 15) is 4.79 Å². The molecular formula is C18H15BrClN3O. The standard InChI is InChI=1S/C18H15BrClN3O/c1-22-16(12-4-8-15(20)9-5-12)10-23(18(22)21)11-17(24)13-2-6-14(19)7-3-13/h2-10,21H,11H2,1H3. The number of rotatable bonds is 4. The highest BCUT2D eigenvalue weighted by molar-refractivity contribution is 9.10. The van der Waals surface area contributed by atoms with E-state index in [4.69, 9.17) is 17.0 Å². The van der Waals surface area contributed by atoms with Crippen LogP contribution in [0.1, 0.15) is 10.4 Å². The third-order valence-electron chi connectivity index (χ3n) is 3.85. The third kappa shape index (κ3) is 3.37. The SMILES string of the molecule is Cn1c(-c2ccc(Cl)cc2)cn(CC(=O)c2ccc(Br)cc2)c1=N. The molecule has 0 aliphatic heterocycles. The lowest BCUT2D eigenvalue weighted by molar-refractivity contribution is 0.0970. The smallest absolute Gasteiger partial charge is 0.202 e. The van der Waals surface area contributed by atoms with Crippen LogP contribution in [0.2, 0.25) is 5.02 Å². The molecule has 122 valence electrons. The number of aromatic nitrogens is 2. The summed E-state index contributed by atoms with van der Waals surface area (Å²) >= 11 is 9.28. The normalized spacial score (nSPS) is 10.8. The fourth-order valence-electron chi connectivity index (χ4n) is 2.49. The number of carbonyl (C=O) groups excluding carboxylic acids is 1. The van der Waals surface area contributed by atoms with Crippen LogP contribution in [-0.4, -0.2) is 14.9 Å². The van der Waals surface area contributed by atoms with Crippen molar-refractivity contribution in [2.75, 3.05) is 0 Å². The second kappa shape index (κ2) is 6.79. The fraction of sp³-hybridized carbons (Fsp3) is 0.111. The average molecular weight is 405 g/mol. The Hall–Kier alpha value is -2.11. The Labute approximate surface area is 153 Å². The molecule has 0 radical (unpaired) electrons. The summed E-state index contributed by atoms with van der Waals surface area (Å²) < 4.78 is 4.32. The summed E-state index contributed by atoms with van der Waals surface area (Å²) in [6, 6.07) is 14.7. The van der Waals surface area contributed by atoms with E-state index in [0.29, 0.717) is 10.6 Å². The van der Waals surface area contributed by atoms with E-state index in [1.54, 1.807) is 21.3 Å². The first kappa shape index (κ1) is 16.7. The molecule has 0 saturated heterocycles. The topological polar surface area (TPSA) is 50.8 Å². The molecule has 0 atom stereocenters. The van der Waals surface area contributed by atoms with E-state index in [-0.39, 0.29) is 17.9 Å². The summed E-state index contributed by atoms with van der Waals surface area (Å²) in [5, 5.41) is 8.90. The summed E-state index contributed by atoms with van der Waals surface area (Å²) in [7, 11) is 1.81. The lowest BCUT2D eigenvalue weighted by Gasteiger charge is -2.02. The van der Waals surface area contributed by atoms with Crippen LogP contribution >= 0.6 is 27.5 Å². The Kier molecular flexibility index (Phi) is 4.73. The van der Waals surface area contributed by atoms with Gasteiger partial charge in [-0.1, -0.05) is 51.8 Å². The van der Waals surface area contributed by atoms with Crippen molar-refractivity contribution in [2.24, 2.45) is 7.05 Å². The first-order valence-electron chi connectivity index (χ1n) is 7.31. The minimum Gasteiger partial charge on any atom is -0.314 e. The molecule has 4 nitrogen and oxygen atoms in total. The predicted molar refractivity (Wildman–Crippen MR) is 98.2 cm³/mol.